The topological polar surface area (TPSA) is 63.2 Å². The number of nitrogens with one attached hydrogen (secondary N) is 1. The van der Waals surface area contributed by atoms with Crippen LogP contribution in [0, 0.1) is 0 Å². The zero-order valence-electron chi connectivity index (χ0n) is 10.5. The molecule has 0 heterocycles. The van der Waals surface area contributed by atoms with Crippen molar-refractivity contribution in [2.24, 2.45) is 0 Å². The minimum atomic E-state index is -2.99. The normalized spacial score (nSPS) is 11.2. The average Bonchev–Trinajstić information content (AvgIpc) is 2.27. The SMILES string of the molecule is CSc1cccc(NC(=O)CCCS(C)(=O)=O)c1. The van der Waals surface area contributed by atoms with Crippen LogP contribution in [-0.2, 0) is 14.6 Å². The summed E-state index contributed by atoms with van der Waals surface area (Å²) in [7, 11) is -2.99. The lowest BCUT2D eigenvalue weighted by Gasteiger charge is -2.06. The summed E-state index contributed by atoms with van der Waals surface area (Å²) >= 11 is 1.60. The second kappa shape index (κ2) is 6.80. The van der Waals surface area contributed by atoms with Crippen LogP contribution in [0.5, 0.6) is 0 Å². The molecule has 6 heteroatoms. The Labute approximate surface area is 112 Å². The van der Waals surface area contributed by atoms with E-state index in [9.17, 15) is 13.2 Å². The molecular weight excluding hydrogens is 270 g/mol. The number of thioether (sulfide) groups is 1. The van der Waals surface area contributed by atoms with E-state index >= 15 is 0 Å². The summed E-state index contributed by atoms with van der Waals surface area (Å²) in [6, 6.07) is 7.54. The Morgan fingerprint density at radius 3 is 2.72 bits per heavy atom. The quantitative estimate of drug-likeness (QED) is 0.815. The molecule has 1 amide bonds. The van der Waals surface area contributed by atoms with E-state index in [1.54, 1.807) is 11.8 Å². The van der Waals surface area contributed by atoms with Crippen LogP contribution in [0.3, 0.4) is 0 Å². The predicted molar refractivity (Wildman–Crippen MR) is 75.8 cm³/mol. The van der Waals surface area contributed by atoms with Gasteiger partial charge >= 0.3 is 0 Å². The van der Waals surface area contributed by atoms with Crippen LogP contribution in [0.1, 0.15) is 12.8 Å². The standard InChI is InChI=1S/C12H17NO3S2/c1-17-11-6-3-5-10(9-11)13-12(14)7-4-8-18(2,15)16/h3,5-6,9H,4,7-8H2,1-2H3,(H,13,14). The van der Waals surface area contributed by atoms with Crippen LogP contribution in [0.2, 0.25) is 0 Å². The Bertz CT molecular complexity index is 512. The van der Waals surface area contributed by atoms with Gasteiger partial charge in [0.15, 0.2) is 0 Å². The highest BCUT2D eigenvalue weighted by atomic mass is 32.2. The van der Waals surface area contributed by atoms with Crippen molar-refractivity contribution in [1.29, 1.82) is 0 Å². The molecular formula is C12H17NO3S2. The summed E-state index contributed by atoms with van der Waals surface area (Å²) in [5, 5.41) is 2.76. The van der Waals surface area contributed by atoms with E-state index < -0.39 is 9.84 Å². The highest BCUT2D eigenvalue weighted by Gasteiger charge is 2.06. The van der Waals surface area contributed by atoms with Crippen molar-refractivity contribution in [2.75, 3.05) is 23.6 Å². The summed E-state index contributed by atoms with van der Waals surface area (Å²) in [5.41, 5.74) is 0.742. The van der Waals surface area contributed by atoms with Crippen molar-refractivity contribution in [2.45, 2.75) is 17.7 Å². The lowest BCUT2D eigenvalue weighted by molar-refractivity contribution is -0.116. The Hall–Kier alpha value is -1.01. The molecule has 0 aliphatic heterocycles. The van der Waals surface area contributed by atoms with Gasteiger partial charge in [0.25, 0.3) is 0 Å². The van der Waals surface area contributed by atoms with Gasteiger partial charge in [-0.3, -0.25) is 4.79 Å². The van der Waals surface area contributed by atoms with Crippen molar-refractivity contribution in [3.63, 3.8) is 0 Å². The number of rotatable bonds is 6. The lowest BCUT2D eigenvalue weighted by atomic mass is 10.3. The summed E-state index contributed by atoms with van der Waals surface area (Å²) in [6.07, 6.45) is 3.71. The molecule has 0 radical (unpaired) electrons. The Balaban J connectivity index is 2.44. The largest absolute Gasteiger partial charge is 0.326 e. The van der Waals surface area contributed by atoms with Gasteiger partial charge in [-0.05, 0) is 30.9 Å². The van der Waals surface area contributed by atoms with Gasteiger partial charge < -0.3 is 5.32 Å². The summed E-state index contributed by atoms with van der Waals surface area (Å²) in [4.78, 5) is 12.7. The molecule has 1 aromatic carbocycles. The zero-order chi connectivity index (χ0) is 13.6. The first-order chi connectivity index (χ1) is 8.40. The number of sulfone groups is 1. The minimum absolute atomic E-state index is 0.0469. The number of benzene rings is 1. The van der Waals surface area contributed by atoms with Crippen LogP contribution in [0.15, 0.2) is 29.2 Å². The van der Waals surface area contributed by atoms with Crippen LogP contribution < -0.4 is 5.32 Å². The van der Waals surface area contributed by atoms with E-state index in [0.29, 0.717) is 6.42 Å². The third-order valence-electron chi connectivity index (χ3n) is 2.27. The van der Waals surface area contributed by atoms with Crippen molar-refractivity contribution >= 4 is 33.2 Å². The summed E-state index contributed by atoms with van der Waals surface area (Å²) < 4.78 is 21.8. The number of hydrogen-bond acceptors (Lipinski definition) is 4. The summed E-state index contributed by atoms with van der Waals surface area (Å²) in [5.74, 6) is -0.109. The second-order valence-corrected chi connectivity index (χ2v) is 7.15. The molecule has 0 aliphatic carbocycles. The van der Waals surface area contributed by atoms with Crippen molar-refractivity contribution in [3.05, 3.63) is 24.3 Å². The summed E-state index contributed by atoms with van der Waals surface area (Å²) in [6.45, 7) is 0. The van der Waals surface area contributed by atoms with Crippen molar-refractivity contribution in [3.8, 4) is 0 Å². The number of carbonyl (C=O) groups excluding carboxylic acids is 1. The van der Waals surface area contributed by atoms with Gasteiger partial charge in [0.05, 0.1) is 5.75 Å². The minimum Gasteiger partial charge on any atom is -0.326 e. The monoisotopic (exact) mass is 287 g/mol. The van der Waals surface area contributed by atoms with Crippen LogP contribution in [-0.4, -0.2) is 32.6 Å². The number of amides is 1. The van der Waals surface area contributed by atoms with Crippen LogP contribution in [0.4, 0.5) is 5.69 Å². The Morgan fingerprint density at radius 1 is 1.39 bits per heavy atom. The van der Waals surface area contributed by atoms with Gasteiger partial charge in [0, 0.05) is 23.3 Å². The number of hydrogen-bond donors (Lipinski definition) is 1. The predicted octanol–water partition coefficient (Wildman–Crippen LogP) is 2.17. The molecule has 100 valence electrons. The smallest absolute Gasteiger partial charge is 0.224 e. The first kappa shape index (κ1) is 15.0. The molecule has 4 nitrogen and oxygen atoms in total. The van der Waals surface area contributed by atoms with Crippen molar-refractivity contribution < 1.29 is 13.2 Å². The number of anilines is 1. The van der Waals surface area contributed by atoms with Gasteiger partial charge in [-0.1, -0.05) is 6.07 Å². The number of carbonyl (C=O) groups is 1. The molecule has 0 aliphatic rings. The van der Waals surface area contributed by atoms with Gasteiger partial charge in [-0.15, -0.1) is 11.8 Å². The molecule has 0 bridgehead atoms. The van der Waals surface area contributed by atoms with E-state index in [-0.39, 0.29) is 18.1 Å². The molecule has 0 spiro atoms. The first-order valence-corrected chi connectivity index (χ1v) is 8.81. The van der Waals surface area contributed by atoms with E-state index in [1.165, 1.54) is 6.26 Å². The van der Waals surface area contributed by atoms with E-state index in [2.05, 4.69) is 5.32 Å². The van der Waals surface area contributed by atoms with E-state index in [0.717, 1.165) is 10.6 Å². The molecule has 1 N–H and O–H groups in total. The van der Waals surface area contributed by atoms with E-state index in [1.807, 2.05) is 30.5 Å². The highest BCUT2D eigenvalue weighted by Crippen LogP contribution is 2.19. The first-order valence-electron chi connectivity index (χ1n) is 5.52. The fourth-order valence-electron chi connectivity index (χ4n) is 1.42. The van der Waals surface area contributed by atoms with Crippen molar-refractivity contribution in [1.82, 2.24) is 0 Å². The maximum absolute atomic E-state index is 11.6. The molecule has 0 fully saturated rings. The Morgan fingerprint density at radius 2 is 2.11 bits per heavy atom. The molecule has 0 saturated heterocycles. The third kappa shape index (κ3) is 6.07. The molecule has 1 aromatic rings. The molecule has 0 aromatic heterocycles. The molecule has 0 saturated carbocycles. The highest BCUT2D eigenvalue weighted by molar-refractivity contribution is 7.98. The second-order valence-electron chi connectivity index (χ2n) is 4.01. The third-order valence-corrected chi connectivity index (χ3v) is 4.03. The average molecular weight is 287 g/mol. The van der Waals surface area contributed by atoms with Crippen LogP contribution >= 0.6 is 11.8 Å². The van der Waals surface area contributed by atoms with Gasteiger partial charge in [-0.25, -0.2) is 8.42 Å². The maximum atomic E-state index is 11.6. The molecule has 1 rings (SSSR count). The van der Waals surface area contributed by atoms with Gasteiger partial charge in [0.1, 0.15) is 9.84 Å². The molecule has 0 unspecified atom stereocenters. The molecule has 0 atom stereocenters. The van der Waals surface area contributed by atoms with Gasteiger partial charge in [0.2, 0.25) is 5.91 Å². The van der Waals surface area contributed by atoms with Crippen LogP contribution in [0.25, 0.3) is 0 Å². The zero-order valence-corrected chi connectivity index (χ0v) is 12.1. The van der Waals surface area contributed by atoms with Gasteiger partial charge in [-0.2, -0.15) is 0 Å². The van der Waals surface area contributed by atoms with E-state index in [4.69, 9.17) is 0 Å². The lowest BCUT2D eigenvalue weighted by Crippen LogP contribution is -2.13. The Kier molecular flexibility index (Phi) is 5.68. The maximum Gasteiger partial charge on any atom is 0.224 e. The fraction of sp³-hybridized carbons (Fsp3) is 0.417. The molecule has 18 heavy (non-hydrogen) atoms. The fourth-order valence-corrected chi connectivity index (χ4v) is 2.55.